The molecule has 2 aromatic carbocycles. The number of nitrogens with one attached hydrogen (secondary N) is 1. The van der Waals surface area contributed by atoms with Crippen molar-refractivity contribution in [2.45, 2.75) is 13.8 Å². The molecule has 2 nitrogen and oxygen atoms in total. The number of benzene rings is 2. The number of aryl methyl sites for hydroxylation is 1. The second-order valence-electron chi connectivity index (χ2n) is 4.18. The Balaban J connectivity index is 2.28. The maximum absolute atomic E-state index is 12.2. The first-order valence-corrected chi connectivity index (χ1v) is 6.79. The molecule has 0 unspecified atom stereocenters. The molecule has 0 aliphatic heterocycles. The third-order valence-corrected chi connectivity index (χ3v) is 3.91. The number of hydrogen-bond acceptors (Lipinski definition) is 1. The normalized spacial score (nSPS) is 10.2. The van der Waals surface area contributed by atoms with Gasteiger partial charge in [-0.05, 0) is 65.8 Å². The number of anilines is 1. The van der Waals surface area contributed by atoms with Gasteiger partial charge in [0.1, 0.15) is 0 Å². The number of rotatable bonds is 2. The predicted octanol–water partition coefficient (Wildman–Crippen LogP) is 4.16. The molecule has 2 rings (SSSR count). The molecule has 0 aliphatic rings. The highest BCUT2D eigenvalue weighted by Crippen LogP contribution is 2.19. The Hall–Kier alpha value is -1.36. The molecule has 0 fully saturated rings. The number of amides is 1. The van der Waals surface area contributed by atoms with Crippen LogP contribution in [0.15, 0.2) is 42.5 Å². The van der Waals surface area contributed by atoms with Crippen LogP contribution >= 0.6 is 22.6 Å². The smallest absolute Gasteiger partial charge is 0.255 e. The van der Waals surface area contributed by atoms with Gasteiger partial charge >= 0.3 is 0 Å². The highest BCUT2D eigenvalue weighted by Gasteiger charge is 2.11. The van der Waals surface area contributed by atoms with Gasteiger partial charge in [-0.25, -0.2) is 0 Å². The van der Waals surface area contributed by atoms with Crippen LogP contribution in [0.4, 0.5) is 5.69 Å². The van der Waals surface area contributed by atoms with E-state index in [-0.39, 0.29) is 5.91 Å². The van der Waals surface area contributed by atoms with E-state index < -0.39 is 0 Å². The van der Waals surface area contributed by atoms with Gasteiger partial charge in [-0.1, -0.05) is 24.3 Å². The number of para-hydroxylation sites is 1. The van der Waals surface area contributed by atoms with Gasteiger partial charge in [0.25, 0.3) is 5.91 Å². The summed E-state index contributed by atoms with van der Waals surface area (Å²) >= 11 is 2.21. The summed E-state index contributed by atoms with van der Waals surface area (Å²) in [6.45, 7) is 3.98. The fourth-order valence-electron chi connectivity index (χ4n) is 1.75. The first-order valence-electron chi connectivity index (χ1n) is 5.71. The molecule has 0 spiro atoms. The van der Waals surface area contributed by atoms with Crippen LogP contribution in [0.5, 0.6) is 0 Å². The first kappa shape index (κ1) is 13.1. The second-order valence-corrected chi connectivity index (χ2v) is 5.34. The van der Waals surface area contributed by atoms with E-state index in [1.54, 1.807) is 0 Å². The number of halogens is 1. The molecule has 92 valence electrons. The summed E-state index contributed by atoms with van der Waals surface area (Å²) in [5.74, 6) is -0.0553. The van der Waals surface area contributed by atoms with Crippen molar-refractivity contribution in [3.05, 3.63) is 62.7 Å². The third-order valence-electron chi connectivity index (χ3n) is 2.97. The Bertz CT molecular complexity index is 593. The molecule has 0 atom stereocenters. The highest BCUT2D eigenvalue weighted by atomic mass is 127. The van der Waals surface area contributed by atoms with E-state index >= 15 is 0 Å². The Morgan fingerprint density at radius 3 is 2.50 bits per heavy atom. The number of carbonyl (C=O) groups excluding carboxylic acids is 1. The van der Waals surface area contributed by atoms with E-state index in [4.69, 9.17) is 0 Å². The van der Waals surface area contributed by atoms with Crippen LogP contribution in [0.2, 0.25) is 0 Å². The monoisotopic (exact) mass is 351 g/mol. The van der Waals surface area contributed by atoms with Crippen LogP contribution in [0.25, 0.3) is 0 Å². The standard InChI is InChI=1S/C15H14INO/c1-10-6-5-7-12(11(10)2)15(18)17-14-9-4-3-8-13(14)16/h3-9H,1-2H3,(H,17,18). The largest absolute Gasteiger partial charge is 0.321 e. The molecule has 1 amide bonds. The lowest BCUT2D eigenvalue weighted by molar-refractivity contribution is 0.102. The summed E-state index contributed by atoms with van der Waals surface area (Å²) in [5, 5.41) is 2.95. The zero-order valence-electron chi connectivity index (χ0n) is 10.3. The zero-order chi connectivity index (χ0) is 13.1. The SMILES string of the molecule is Cc1cccc(C(=O)Nc2ccccc2I)c1C. The van der Waals surface area contributed by atoms with Gasteiger partial charge in [-0.2, -0.15) is 0 Å². The van der Waals surface area contributed by atoms with Gasteiger partial charge < -0.3 is 5.32 Å². The van der Waals surface area contributed by atoms with Gasteiger partial charge in [0, 0.05) is 9.13 Å². The summed E-state index contributed by atoms with van der Waals surface area (Å²) in [5.41, 5.74) is 3.74. The van der Waals surface area contributed by atoms with Crippen molar-refractivity contribution in [1.29, 1.82) is 0 Å². The number of hydrogen-bond donors (Lipinski definition) is 1. The van der Waals surface area contributed by atoms with Crippen LogP contribution < -0.4 is 5.32 Å². The molecule has 0 saturated heterocycles. The van der Waals surface area contributed by atoms with Crippen molar-refractivity contribution >= 4 is 34.2 Å². The van der Waals surface area contributed by atoms with Crippen LogP contribution in [0.1, 0.15) is 21.5 Å². The van der Waals surface area contributed by atoms with E-state index in [0.29, 0.717) is 0 Å². The molecule has 18 heavy (non-hydrogen) atoms. The Morgan fingerprint density at radius 2 is 1.78 bits per heavy atom. The molecule has 0 radical (unpaired) electrons. The van der Waals surface area contributed by atoms with Crippen molar-refractivity contribution in [1.82, 2.24) is 0 Å². The minimum absolute atomic E-state index is 0.0553. The maximum atomic E-state index is 12.2. The number of carbonyl (C=O) groups is 1. The molecule has 0 heterocycles. The van der Waals surface area contributed by atoms with Crippen LogP contribution in [-0.4, -0.2) is 5.91 Å². The summed E-state index contributed by atoms with van der Waals surface area (Å²) in [6, 6.07) is 13.5. The van der Waals surface area contributed by atoms with Crippen LogP contribution in [-0.2, 0) is 0 Å². The second kappa shape index (κ2) is 5.52. The zero-order valence-corrected chi connectivity index (χ0v) is 12.5. The summed E-state index contributed by atoms with van der Waals surface area (Å²) < 4.78 is 1.04. The van der Waals surface area contributed by atoms with Gasteiger partial charge in [-0.3, -0.25) is 4.79 Å². The topological polar surface area (TPSA) is 29.1 Å². The van der Waals surface area contributed by atoms with E-state index in [9.17, 15) is 4.79 Å². The molecule has 0 aliphatic carbocycles. The van der Waals surface area contributed by atoms with Crippen LogP contribution in [0, 0.1) is 17.4 Å². The van der Waals surface area contributed by atoms with E-state index in [0.717, 1.165) is 25.9 Å². The van der Waals surface area contributed by atoms with Crippen molar-refractivity contribution < 1.29 is 4.79 Å². The Morgan fingerprint density at radius 1 is 1.06 bits per heavy atom. The highest BCUT2D eigenvalue weighted by molar-refractivity contribution is 14.1. The molecule has 3 heteroatoms. The van der Waals surface area contributed by atoms with Crippen molar-refractivity contribution in [3.63, 3.8) is 0 Å². The molecule has 0 aromatic heterocycles. The molecule has 0 bridgehead atoms. The van der Waals surface area contributed by atoms with E-state index in [2.05, 4.69) is 27.9 Å². The first-order chi connectivity index (χ1) is 8.59. The fourth-order valence-corrected chi connectivity index (χ4v) is 2.27. The molecular weight excluding hydrogens is 337 g/mol. The summed E-state index contributed by atoms with van der Waals surface area (Å²) in [7, 11) is 0. The van der Waals surface area contributed by atoms with Gasteiger partial charge in [0.05, 0.1) is 5.69 Å². The predicted molar refractivity (Wildman–Crippen MR) is 83.0 cm³/mol. The Kier molecular flexibility index (Phi) is 4.01. The minimum atomic E-state index is -0.0553. The Labute approximate surface area is 121 Å². The average molecular weight is 351 g/mol. The maximum Gasteiger partial charge on any atom is 0.255 e. The molecule has 1 N–H and O–H groups in total. The van der Waals surface area contributed by atoms with Crippen LogP contribution in [0.3, 0.4) is 0 Å². The molecular formula is C15H14INO. The lowest BCUT2D eigenvalue weighted by Gasteiger charge is -2.10. The van der Waals surface area contributed by atoms with Crippen molar-refractivity contribution in [2.24, 2.45) is 0 Å². The summed E-state index contributed by atoms with van der Waals surface area (Å²) in [4.78, 5) is 12.2. The minimum Gasteiger partial charge on any atom is -0.321 e. The average Bonchev–Trinajstić information content (AvgIpc) is 2.35. The lowest BCUT2D eigenvalue weighted by atomic mass is 10.0. The quantitative estimate of drug-likeness (QED) is 0.809. The summed E-state index contributed by atoms with van der Waals surface area (Å²) in [6.07, 6.45) is 0. The van der Waals surface area contributed by atoms with Crippen molar-refractivity contribution in [2.75, 3.05) is 5.32 Å². The van der Waals surface area contributed by atoms with Gasteiger partial charge in [0.2, 0.25) is 0 Å². The fraction of sp³-hybridized carbons (Fsp3) is 0.133. The van der Waals surface area contributed by atoms with Gasteiger partial charge in [0.15, 0.2) is 0 Å². The molecule has 0 saturated carbocycles. The van der Waals surface area contributed by atoms with Gasteiger partial charge in [-0.15, -0.1) is 0 Å². The van der Waals surface area contributed by atoms with E-state index in [1.165, 1.54) is 0 Å². The molecule has 2 aromatic rings. The third kappa shape index (κ3) is 2.72. The lowest BCUT2D eigenvalue weighted by Crippen LogP contribution is -2.14. The van der Waals surface area contributed by atoms with E-state index in [1.807, 2.05) is 56.3 Å². The van der Waals surface area contributed by atoms with Crippen molar-refractivity contribution in [3.8, 4) is 0 Å².